The Labute approximate surface area is 158 Å². The molecule has 0 bridgehead atoms. The molecule has 2 rings (SSSR count). The molecule has 1 fully saturated rings. The largest absolute Gasteiger partial charge is 0.458 e. The molecule has 0 N–H and O–H groups in total. The second-order valence-corrected chi connectivity index (χ2v) is 8.07. The zero-order chi connectivity index (χ0) is 20.4. The molecule has 0 aromatic heterocycles. The van der Waals surface area contributed by atoms with Gasteiger partial charge < -0.3 is 9.64 Å². The third kappa shape index (κ3) is 4.77. The molecule has 0 radical (unpaired) electrons. The van der Waals surface area contributed by atoms with Gasteiger partial charge in [0.25, 0.3) is 0 Å². The predicted molar refractivity (Wildman–Crippen MR) is 98.0 cm³/mol. The number of likely N-dealkylation sites (tertiary alicyclic amines) is 1. The maximum atomic E-state index is 13.3. The lowest BCUT2D eigenvalue weighted by molar-refractivity contribution is -0.175. The molecule has 3 atom stereocenters. The topological polar surface area (TPSA) is 95.4 Å². The van der Waals surface area contributed by atoms with Crippen LogP contribution in [0.25, 0.3) is 10.4 Å². The van der Waals surface area contributed by atoms with Crippen molar-refractivity contribution in [2.24, 2.45) is 11.0 Å². The maximum absolute atomic E-state index is 13.3. The van der Waals surface area contributed by atoms with Crippen LogP contribution in [0.2, 0.25) is 0 Å². The second kappa shape index (κ2) is 7.96. The third-order valence-electron chi connectivity index (χ3n) is 4.20. The van der Waals surface area contributed by atoms with E-state index in [0.717, 1.165) is 0 Å². The summed E-state index contributed by atoms with van der Waals surface area (Å²) < 4.78 is 18.8. The number of carbonyl (C=O) groups excluding carboxylic acids is 2. The predicted octanol–water partition coefficient (Wildman–Crippen LogP) is 4.14. The van der Waals surface area contributed by atoms with Gasteiger partial charge in [0.2, 0.25) is 5.91 Å². The minimum atomic E-state index is -0.961. The Balaban J connectivity index is 2.41. The molecule has 0 spiro atoms. The zero-order valence-corrected chi connectivity index (χ0v) is 16.2. The fraction of sp³-hybridized carbons (Fsp3) is 0.579. The summed E-state index contributed by atoms with van der Waals surface area (Å²) in [5, 5.41) is 3.58. The molecule has 0 aliphatic carbocycles. The normalized spacial score (nSPS) is 20.7. The van der Waals surface area contributed by atoms with E-state index in [-0.39, 0.29) is 5.92 Å². The van der Waals surface area contributed by atoms with Crippen molar-refractivity contribution in [1.29, 1.82) is 0 Å². The summed E-state index contributed by atoms with van der Waals surface area (Å²) >= 11 is 0. The molecule has 1 heterocycles. The number of amides is 1. The Morgan fingerprint density at radius 1 is 1.33 bits per heavy atom. The van der Waals surface area contributed by atoms with Crippen LogP contribution in [0.5, 0.6) is 0 Å². The van der Waals surface area contributed by atoms with Gasteiger partial charge in [-0.25, -0.2) is 9.18 Å². The Kier molecular flexibility index (Phi) is 6.11. The van der Waals surface area contributed by atoms with Crippen molar-refractivity contribution in [2.45, 2.75) is 64.8 Å². The van der Waals surface area contributed by atoms with Crippen LogP contribution < -0.4 is 0 Å². The molecule has 27 heavy (non-hydrogen) atoms. The fourth-order valence-electron chi connectivity index (χ4n) is 3.15. The van der Waals surface area contributed by atoms with Gasteiger partial charge in [0.1, 0.15) is 23.5 Å². The zero-order valence-electron chi connectivity index (χ0n) is 16.2. The van der Waals surface area contributed by atoms with E-state index in [2.05, 4.69) is 10.0 Å². The van der Waals surface area contributed by atoms with Crippen LogP contribution in [-0.4, -0.2) is 34.5 Å². The molecule has 1 aliphatic heterocycles. The van der Waals surface area contributed by atoms with Crippen LogP contribution in [-0.2, 0) is 14.3 Å². The van der Waals surface area contributed by atoms with Crippen molar-refractivity contribution >= 4 is 11.9 Å². The summed E-state index contributed by atoms with van der Waals surface area (Å²) in [6.07, 6.45) is 0.404. The first kappa shape index (κ1) is 20.7. The number of β-lactam (4-membered cyclic amide) rings is 1. The first-order valence-corrected chi connectivity index (χ1v) is 8.90. The van der Waals surface area contributed by atoms with Crippen molar-refractivity contribution in [1.82, 2.24) is 4.90 Å². The number of benzene rings is 1. The molecule has 1 aromatic carbocycles. The SMILES string of the molecule is CC(C)CC(C(=O)OC(C)(C)C)N1C(=O)C(N=[N+]=[N-])C1c1ccc(F)cc1. The van der Waals surface area contributed by atoms with Crippen LogP contribution in [0.15, 0.2) is 29.4 Å². The van der Waals surface area contributed by atoms with Crippen molar-refractivity contribution in [3.05, 3.63) is 46.1 Å². The molecule has 1 aromatic rings. The summed E-state index contributed by atoms with van der Waals surface area (Å²) in [6, 6.07) is 3.20. The minimum absolute atomic E-state index is 0.128. The van der Waals surface area contributed by atoms with Crippen molar-refractivity contribution in [2.75, 3.05) is 0 Å². The number of carbonyl (C=O) groups is 2. The Morgan fingerprint density at radius 3 is 2.41 bits per heavy atom. The van der Waals surface area contributed by atoms with Crippen molar-refractivity contribution < 1.29 is 18.7 Å². The van der Waals surface area contributed by atoms with Crippen LogP contribution in [0, 0.1) is 11.7 Å². The molecule has 0 saturated carbocycles. The molecular weight excluding hydrogens is 351 g/mol. The Morgan fingerprint density at radius 2 is 1.93 bits per heavy atom. The smallest absolute Gasteiger partial charge is 0.329 e. The number of hydrogen-bond acceptors (Lipinski definition) is 4. The van der Waals surface area contributed by atoms with E-state index in [0.29, 0.717) is 12.0 Å². The number of esters is 1. The summed E-state index contributed by atoms with van der Waals surface area (Å²) in [5.41, 5.74) is 8.70. The highest BCUT2D eigenvalue weighted by molar-refractivity contribution is 5.94. The van der Waals surface area contributed by atoms with E-state index >= 15 is 0 Å². The van der Waals surface area contributed by atoms with Crippen molar-refractivity contribution in [3.8, 4) is 0 Å². The van der Waals surface area contributed by atoms with E-state index in [4.69, 9.17) is 10.3 Å². The molecule has 1 saturated heterocycles. The first-order valence-electron chi connectivity index (χ1n) is 8.90. The van der Waals surface area contributed by atoms with E-state index in [9.17, 15) is 14.0 Å². The summed E-state index contributed by atoms with van der Waals surface area (Å²) in [4.78, 5) is 29.6. The van der Waals surface area contributed by atoms with Gasteiger partial charge in [-0.2, -0.15) is 0 Å². The van der Waals surface area contributed by atoms with Crippen LogP contribution in [0.1, 0.15) is 52.6 Å². The highest BCUT2D eigenvalue weighted by atomic mass is 19.1. The lowest BCUT2D eigenvalue weighted by Gasteiger charge is -2.49. The molecule has 1 amide bonds. The number of azide groups is 1. The van der Waals surface area contributed by atoms with Gasteiger partial charge in [-0.1, -0.05) is 31.1 Å². The molecule has 7 nitrogen and oxygen atoms in total. The van der Waals surface area contributed by atoms with Gasteiger partial charge in [-0.15, -0.1) is 0 Å². The van der Waals surface area contributed by atoms with Gasteiger partial charge in [-0.05, 0) is 56.3 Å². The molecule has 8 heteroatoms. The summed E-state index contributed by atoms with van der Waals surface area (Å²) in [5.74, 6) is -1.22. The molecule has 1 aliphatic rings. The quantitative estimate of drug-likeness (QED) is 0.245. The van der Waals surface area contributed by atoms with E-state index < -0.39 is 41.4 Å². The van der Waals surface area contributed by atoms with Gasteiger partial charge in [0.15, 0.2) is 0 Å². The standard InChI is InChI=1S/C19H25FN4O3/c1-11(2)10-14(18(26)27-19(3,4)5)24-16(15(17(24)25)22-23-21)12-6-8-13(20)9-7-12/h6-9,11,14-16H,10H2,1-5H3. The van der Waals surface area contributed by atoms with Crippen LogP contribution in [0.4, 0.5) is 4.39 Å². The first-order chi connectivity index (χ1) is 12.5. The van der Waals surface area contributed by atoms with E-state index in [1.165, 1.54) is 29.2 Å². The van der Waals surface area contributed by atoms with Crippen LogP contribution >= 0.6 is 0 Å². The fourth-order valence-corrected chi connectivity index (χ4v) is 3.15. The highest BCUT2D eigenvalue weighted by Gasteiger charge is 2.53. The van der Waals surface area contributed by atoms with Crippen molar-refractivity contribution in [3.63, 3.8) is 0 Å². The lowest BCUT2D eigenvalue weighted by atomic mass is 9.85. The average Bonchev–Trinajstić information content (AvgIpc) is 2.55. The monoisotopic (exact) mass is 376 g/mol. The van der Waals surface area contributed by atoms with E-state index in [1.54, 1.807) is 20.8 Å². The number of nitrogens with zero attached hydrogens (tertiary/aromatic N) is 4. The Hall–Kier alpha value is -2.60. The summed E-state index contributed by atoms with van der Waals surface area (Å²) in [6.45, 7) is 9.17. The van der Waals surface area contributed by atoms with Gasteiger partial charge in [-0.3, -0.25) is 4.79 Å². The van der Waals surface area contributed by atoms with Crippen LogP contribution in [0.3, 0.4) is 0 Å². The summed E-state index contributed by atoms with van der Waals surface area (Å²) in [7, 11) is 0. The third-order valence-corrected chi connectivity index (χ3v) is 4.20. The van der Waals surface area contributed by atoms with Gasteiger partial charge in [0.05, 0.1) is 6.04 Å². The Bertz CT molecular complexity index is 751. The average molecular weight is 376 g/mol. The highest BCUT2D eigenvalue weighted by Crippen LogP contribution is 2.40. The van der Waals surface area contributed by atoms with E-state index in [1.807, 2.05) is 13.8 Å². The molecule has 146 valence electrons. The van der Waals surface area contributed by atoms with Gasteiger partial charge >= 0.3 is 5.97 Å². The number of hydrogen-bond donors (Lipinski definition) is 0. The molecule has 3 unspecified atom stereocenters. The second-order valence-electron chi connectivity index (χ2n) is 8.07. The molecular formula is C19H25FN4O3. The number of halogens is 1. The maximum Gasteiger partial charge on any atom is 0.329 e. The van der Waals surface area contributed by atoms with Gasteiger partial charge in [0, 0.05) is 4.91 Å². The lowest BCUT2D eigenvalue weighted by Crippen LogP contribution is -2.64. The number of rotatable bonds is 6. The minimum Gasteiger partial charge on any atom is -0.458 e. The number of ether oxygens (including phenoxy) is 1.